The van der Waals surface area contributed by atoms with Crippen LogP contribution in [-0.4, -0.2) is 37.6 Å². The summed E-state index contributed by atoms with van der Waals surface area (Å²) in [5, 5.41) is 8.89. The molecular formula is C16H20N2O3. The highest BCUT2D eigenvalue weighted by Crippen LogP contribution is 2.30. The van der Waals surface area contributed by atoms with Gasteiger partial charge in [0.25, 0.3) is 5.91 Å². The molecule has 5 nitrogen and oxygen atoms in total. The SMILES string of the molecule is CCOc1cc(C#N)ccc1OCC(=O)N(C)CC1CC1. The van der Waals surface area contributed by atoms with Gasteiger partial charge in [-0.2, -0.15) is 5.26 Å². The van der Waals surface area contributed by atoms with Crippen molar-refractivity contribution in [2.75, 3.05) is 26.8 Å². The Kier molecular flexibility index (Phi) is 5.04. The van der Waals surface area contributed by atoms with Crippen molar-refractivity contribution in [1.82, 2.24) is 4.90 Å². The Labute approximate surface area is 125 Å². The summed E-state index contributed by atoms with van der Waals surface area (Å²) in [5.41, 5.74) is 0.503. The lowest BCUT2D eigenvalue weighted by Gasteiger charge is -2.18. The highest BCUT2D eigenvalue weighted by molar-refractivity contribution is 5.77. The van der Waals surface area contributed by atoms with Gasteiger partial charge in [0.1, 0.15) is 0 Å². The third kappa shape index (κ3) is 4.38. The first-order chi connectivity index (χ1) is 10.1. The largest absolute Gasteiger partial charge is 0.490 e. The fraction of sp³-hybridized carbons (Fsp3) is 0.500. The van der Waals surface area contributed by atoms with Crippen LogP contribution in [0.15, 0.2) is 18.2 Å². The zero-order valence-electron chi connectivity index (χ0n) is 12.5. The van der Waals surface area contributed by atoms with Crippen molar-refractivity contribution in [3.8, 4) is 17.6 Å². The number of hydrogen-bond donors (Lipinski definition) is 0. The van der Waals surface area contributed by atoms with Gasteiger partial charge >= 0.3 is 0 Å². The quantitative estimate of drug-likeness (QED) is 0.771. The molecule has 1 fully saturated rings. The number of nitrogens with zero attached hydrogens (tertiary/aromatic N) is 2. The van der Waals surface area contributed by atoms with Crippen LogP contribution in [0.4, 0.5) is 0 Å². The van der Waals surface area contributed by atoms with Crippen LogP contribution >= 0.6 is 0 Å². The van der Waals surface area contributed by atoms with E-state index in [1.807, 2.05) is 6.92 Å². The maximum atomic E-state index is 12.0. The first-order valence-corrected chi connectivity index (χ1v) is 7.17. The van der Waals surface area contributed by atoms with E-state index in [1.165, 1.54) is 12.8 Å². The summed E-state index contributed by atoms with van der Waals surface area (Å²) in [7, 11) is 1.80. The minimum Gasteiger partial charge on any atom is -0.490 e. The van der Waals surface area contributed by atoms with E-state index in [0.29, 0.717) is 29.6 Å². The van der Waals surface area contributed by atoms with Gasteiger partial charge in [0.2, 0.25) is 0 Å². The molecule has 1 amide bonds. The van der Waals surface area contributed by atoms with Crippen molar-refractivity contribution in [2.24, 2.45) is 5.92 Å². The van der Waals surface area contributed by atoms with E-state index in [2.05, 4.69) is 6.07 Å². The van der Waals surface area contributed by atoms with Crippen molar-refractivity contribution in [1.29, 1.82) is 5.26 Å². The molecule has 0 atom stereocenters. The summed E-state index contributed by atoms with van der Waals surface area (Å²) in [6, 6.07) is 6.99. The monoisotopic (exact) mass is 288 g/mol. The fourth-order valence-corrected chi connectivity index (χ4v) is 2.00. The lowest BCUT2D eigenvalue weighted by atomic mass is 10.2. The second kappa shape index (κ2) is 6.98. The lowest BCUT2D eigenvalue weighted by molar-refractivity contribution is -0.132. The van der Waals surface area contributed by atoms with E-state index < -0.39 is 0 Å². The van der Waals surface area contributed by atoms with Gasteiger partial charge in [0.15, 0.2) is 18.1 Å². The molecule has 0 N–H and O–H groups in total. The van der Waals surface area contributed by atoms with Crippen LogP contribution in [0.1, 0.15) is 25.3 Å². The van der Waals surface area contributed by atoms with Crippen molar-refractivity contribution in [3.05, 3.63) is 23.8 Å². The maximum absolute atomic E-state index is 12.0. The van der Waals surface area contributed by atoms with Crippen molar-refractivity contribution in [3.63, 3.8) is 0 Å². The zero-order valence-corrected chi connectivity index (χ0v) is 12.5. The molecular weight excluding hydrogens is 268 g/mol. The Bertz CT molecular complexity index is 547. The van der Waals surface area contributed by atoms with E-state index in [9.17, 15) is 4.79 Å². The molecule has 0 heterocycles. The van der Waals surface area contributed by atoms with Gasteiger partial charge in [-0.25, -0.2) is 0 Å². The molecule has 1 aromatic rings. The zero-order chi connectivity index (χ0) is 15.2. The Morgan fingerprint density at radius 2 is 2.14 bits per heavy atom. The first kappa shape index (κ1) is 15.2. The van der Waals surface area contributed by atoms with E-state index in [0.717, 1.165) is 6.54 Å². The normalized spacial score (nSPS) is 13.4. The van der Waals surface area contributed by atoms with Gasteiger partial charge in [0.05, 0.1) is 18.2 Å². The fourth-order valence-electron chi connectivity index (χ4n) is 2.00. The molecule has 1 aliphatic carbocycles. The Balaban J connectivity index is 1.94. The Morgan fingerprint density at radius 1 is 1.38 bits per heavy atom. The minimum absolute atomic E-state index is 0.0187. The number of carbonyl (C=O) groups is 1. The third-order valence-electron chi connectivity index (χ3n) is 3.38. The molecule has 0 unspecified atom stereocenters. The molecule has 0 radical (unpaired) electrons. The average Bonchev–Trinajstić information content (AvgIpc) is 3.29. The van der Waals surface area contributed by atoms with Gasteiger partial charge < -0.3 is 14.4 Å². The number of likely N-dealkylation sites (N-methyl/N-ethyl adjacent to an activating group) is 1. The number of hydrogen-bond acceptors (Lipinski definition) is 4. The van der Waals surface area contributed by atoms with Gasteiger partial charge in [-0.3, -0.25) is 4.79 Å². The van der Waals surface area contributed by atoms with Crippen molar-refractivity contribution < 1.29 is 14.3 Å². The highest BCUT2D eigenvalue weighted by Gasteiger charge is 2.25. The van der Waals surface area contributed by atoms with Crippen LogP contribution in [0, 0.1) is 17.2 Å². The predicted molar refractivity (Wildman–Crippen MR) is 78.2 cm³/mol. The number of carbonyl (C=O) groups excluding carboxylic acids is 1. The van der Waals surface area contributed by atoms with Crippen molar-refractivity contribution in [2.45, 2.75) is 19.8 Å². The number of benzene rings is 1. The van der Waals surface area contributed by atoms with Crippen LogP contribution in [0.25, 0.3) is 0 Å². The molecule has 1 aliphatic rings. The van der Waals surface area contributed by atoms with Crippen LogP contribution < -0.4 is 9.47 Å². The molecule has 0 bridgehead atoms. The van der Waals surface area contributed by atoms with Crippen LogP contribution in [0.5, 0.6) is 11.5 Å². The van der Waals surface area contributed by atoms with E-state index in [4.69, 9.17) is 14.7 Å². The Morgan fingerprint density at radius 3 is 2.76 bits per heavy atom. The molecule has 0 aromatic heterocycles. The molecule has 5 heteroatoms. The van der Waals surface area contributed by atoms with Crippen LogP contribution in [-0.2, 0) is 4.79 Å². The molecule has 1 aromatic carbocycles. The first-order valence-electron chi connectivity index (χ1n) is 7.17. The summed E-state index contributed by atoms with van der Waals surface area (Å²) in [4.78, 5) is 13.7. The number of nitriles is 1. The third-order valence-corrected chi connectivity index (χ3v) is 3.38. The predicted octanol–water partition coefficient (Wildman–Crippen LogP) is 2.20. The molecule has 2 rings (SSSR count). The van der Waals surface area contributed by atoms with Gasteiger partial charge in [-0.1, -0.05) is 0 Å². The van der Waals surface area contributed by atoms with Gasteiger partial charge in [0, 0.05) is 19.7 Å². The Hall–Kier alpha value is -2.22. The molecule has 21 heavy (non-hydrogen) atoms. The van der Waals surface area contributed by atoms with E-state index >= 15 is 0 Å². The summed E-state index contributed by atoms with van der Waals surface area (Å²) < 4.78 is 11.0. The summed E-state index contributed by atoms with van der Waals surface area (Å²) in [5.74, 6) is 1.60. The standard InChI is InChI=1S/C16H20N2O3/c1-3-20-15-8-13(9-17)6-7-14(15)21-11-16(19)18(2)10-12-4-5-12/h6-8,12H,3-5,10-11H2,1-2H3. The highest BCUT2D eigenvalue weighted by atomic mass is 16.5. The summed E-state index contributed by atoms with van der Waals surface area (Å²) >= 11 is 0. The molecule has 0 saturated heterocycles. The van der Waals surface area contributed by atoms with Crippen LogP contribution in [0.2, 0.25) is 0 Å². The molecule has 112 valence electrons. The summed E-state index contributed by atoms with van der Waals surface area (Å²) in [6.45, 7) is 3.11. The number of rotatable bonds is 7. The second-order valence-electron chi connectivity index (χ2n) is 5.21. The smallest absolute Gasteiger partial charge is 0.260 e. The minimum atomic E-state index is -0.0475. The van der Waals surface area contributed by atoms with E-state index in [1.54, 1.807) is 30.1 Å². The molecule has 0 spiro atoms. The van der Waals surface area contributed by atoms with Crippen molar-refractivity contribution >= 4 is 5.91 Å². The molecule has 1 saturated carbocycles. The lowest BCUT2D eigenvalue weighted by Crippen LogP contribution is -2.33. The van der Waals surface area contributed by atoms with Gasteiger partial charge in [-0.05, 0) is 37.8 Å². The topological polar surface area (TPSA) is 62.6 Å². The average molecular weight is 288 g/mol. The van der Waals surface area contributed by atoms with E-state index in [-0.39, 0.29) is 12.5 Å². The molecule has 0 aliphatic heterocycles. The van der Waals surface area contributed by atoms with Gasteiger partial charge in [-0.15, -0.1) is 0 Å². The van der Waals surface area contributed by atoms with Crippen LogP contribution in [0.3, 0.4) is 0 Å². The summed E-state index contributed by atoms with van der Waals surface area (Å²) in [6.07, 6.45) is 2.42. The second-order valence-corrected chi connectivity index (χ2v) is 5.21. The number of amides is 1. The number of ether oxygens (including phenoxy) is 2. The maximum Gasteiger partial charge on any atom is 0.260 e.